The van der Waals surface area contributed by atoms with Gasteiger partial charge in [0.05, 0.1) is 0 Å². The van der Waals surface area contributed by atoms with Crippen LogP contribution in [0.15, 0.2) is 0 Å². The minimum Gasteiger partial charge on any atom is -0.343 e. The summed E-state index contributed by atoms with van der Waals surface area (Å²) in [6, 6.07) is 0.504. The number of nitrogens with two attached hydrogens (primary N) is 1. The molecule has 0 bridgehead atoms. The maximum Gasteiger partial charge on any atom is 0.222 e. The van der Waals surface area contributed by atoms with Gasteiger partial charge in [0, 0.05) is 19.5 Å². The van der Waals surface area contributed by atoms with Crippen LogP contribution in [-0.2, 0) is 4.79 Å². The van der Waals surface area contributed by atoms with Crippen LogP contribution in [0.3, 0.4) is 0 Å². The topological polar surface area (TPSA) is 46.3 Å². The maximum atomic E-state index is 12.1. The van der Waals surface area contributed by atoms with Crippen molar-refractivity contribution < 1.29 is 4.79 Å². The fraction of sp³-hybridized carbons (Fsp3) is 0.933. The van der Waals surface area contributed by atoms with Crippen LogP contribution < -0.4 is 5.73 Å². The van der Waals surface area contributed by atoms with Gasteiger partial charge in [0.2, 0.25) is 5.91 Å². The Labute approximate surface area is 112 Å². The van der Waals surface area contributed by atoms with Gasteiger partial charge in [-0.1, -0.05) is 38.5 Å². The first kappa shape index (κ1) is 15.5. The smallest absolute Gasteiger partial charge is 0.222 e. The average molecular weight is 254 g/mol. The van der Waals surface area contributed by atoms with Gasteiger partial charge in [0.15, 0.2) is 0 Å². The highest BCUT2D eigenvalue weighted by Gasteiger charge is 2.20. The molecule has 0 aromatic carbocycles. The van der Waals surface area contributed by atoms with Crippen LogP contribution in [0.2, 0.25) is 0 Å². The van der Waals surface area contributed by atoms with Crippen molar-refractivity contribution in [2.24, 2.45) is 5.73 Å². The zero-order valence-electron chi connectivity index (χ0n) is 12.0. The van der Waals surface area contributed by atoms with Gasteiger partial charge in [-0.05, 0) is 32.2 Å². The Morgan fingerprint density at radius 1 is 1.06 bits per heavy atom. The summed E-state index contributed by atoms with van der Waals surface area (Å²) in [5, 5.41) is 0. The molecule has 0 unspecified atom stereocenters. The minimum atomic E-state index is 0.342. The summed E-state index contributed by atoms with van der Waals surface area (Å²) in [6.45, 7) is 0.774. The largest absolute Gasteiger partial charge is 0.343 e. The molecule has 1 rings (SSSR count). The molecule has 1 aliphatic rings. The first-order valence-corrected chi connectivity index (χ1v) is 7.71. The first-order valence-electron chi connectivity index (χ1n) is 7.71. The standard InChI is InChI=1S/C15H30N2O/c1-17(14-10-6-2-3-7-11-14)15(18)12-8-4-5-9-13-16/h14H,2-13,16H2,1H3. The molecule has 0 aliphatic heterocycles. The van der Waals surface area contributed by atoms with Gasteiger partial charge in [-0.15, -0.1) is 0 Å². The predicted octanol–water partition coefficient (Wildman–Crippen LogP) is 3.08. The number of carbonyl (C=O) groups excluding carboxylic acids is 1. The maximum absolute atomic E-state index is 12.1. The highest BCUT2D eigenvalue weighted by atomic mass is 16.2. The van der Waals surface area contributed by atoms with Crippen LogP contribution >= 0.6 is 0 Å². The molecule has 0 heterocycles. The molecule has 0 aromatic rings. The van der Waals surface area contributed by atoms with Gasteiger partial charge < -0.3 is 10.6 Å². The van der Waals surface area contributed by atoms with Crippen LogP contribution in [0.25, 0.3) is 0 Å². The van der Waals surface area contributed by atoms with E-state index >= 15 is 0 Å². The normalized spacial score (nSPS) is 17.4. The molecule has 0 aromatic heterocycles. The van der Waals surface area contributed by atoms with E-state index < -0.39 is 0 Å². The zero-order chi connectivity index (χ0) is 13.2. The van der Waals surface area contributed by atoms with Crippen LogP contribution in [0.5, 0.6) is 0 Å². The van der Waals surface area contributed by atoms with E-state index in [2.05, 4.69) is 0 Å². The summed E-state index contributed by atoms with van der Waals surface area (Å²) in [7, 11) is 2.00. The van der Waals surface area contributed by atoms with E-state index in [9.17, 15) is 4.79 Å². The zero-order valence-corrected chi connectivity index (χ0v) is 12.0. The summed E-state index contributed by atoms with van der Waals surface area (Å²) in [4.78, 5) is 14.1. The molecule has 0 saturated heterocycles. The van der Waals surface area contributed by atoms with Crippen molar-refractivity contribution in [2.75, 3.05) is 13.6 Å². The molecule has 3 nitrogen and oxygen atoms in total. The second kappa shape index (κ2) is 9.37. The van der Waals surface area contributed by atoms with Crippen molar-refractivity contribution in [1.82, 2.24) is 4.90 Å². The summed E-state index contributed by atoms with van der Waals surface area (Å²) < 4.78 is 0. The molecular weight excluding hydrogens is 224 g/mol. The third kappa shape index (κ3) is 5.85. The highest BCUT2D eigenvalue weighted by molar-refractivity contribution is 5.76. The molecule has 1 amide bonds. The Hall–Kier alpha value is -0.570. The van der Waals surface area contributed by atoms with E-state index in [0.29, 0.717) is 11.9 Å². The van der Waals surface area contributed by atoms with Gasteiger partial charge in [-0.3, -0.25) is 4.79 Å². The van der Waals surface area contributed by atoms with E-state index in [0.717, 1.165) is 38.6 Å². The van der Waals surface area contributed by atoms with E-state index in [-0.39, 0.29) is 0 Å². The lowest BCUT2D eigenvalue weighted by Crippen LogP contribution is -2.36. The molecule has 3 heteroatoms. The Morgan fingerprint density at radius 2 is 1.67 bits per heavy atom. The lowest BCUT2D eigenvalue weighted by Gasteiger charge is -2.27. The van der Waals surface area contributed by atoms with Gasteiger partial charge in [-0.2, -0.15) is 0 Å². The summed E-state index contributed by atoms with van der Waals surface area (Å²) in [5.74, 6) is 0.342. The van der Waals surface area contributed by atoms with E-state index in [1.165, 1.54) is 38.5 Å². The van der Waals surface area contributed by atoms with Gasteiger partial charge in [0.25, 0.3) is 0 Å². The monoisotopic (exact) mass is 254 g/mol. The molecule has 0 radical (unpaired) electrons. The van der Waals surface area contributed by atoms with Crippen molar-refractivity contribution in [3.63, 3.8) is 0 Å². The highest BCUT2D eigenvalue weighted by Crippen LogP contribution is 2.21. The third-order valence-electron chi connectivity index (χ3n) is 4.11. The van der Waals surface area contributed by atoms with Gasteiger partial charge >= 0.3 is 0 Å². The Balaban J connectivity index is 2.18. The van der Waals surface area contributed by atoms with Gasteiger partial charge in [-0.25, -0.2) is 0 Å². The van der Waals surface area contributed by atoms with Crippen molar-refractivity contribution in [3.05, 3.63) is 0 Å². The number of hydrogen-bond donors (Lipinski definition) is 1. The number of hydrogen-bond acceptors (Lipinski definition) is 2. The second-order valence-corrected chi connectivity index (χ2v) is 5.60. The Morgan fingerprint density at radius 3 is 2.28 bits per heavy atom. The average Bonchev–Trinajstić information content (AvgIpc) is 2.66. The molecule has 1 aliphatic carbocycles. The van der Waals surface area contributed by atoms with Crippen LogP contribution in [0, 0.1) is 0 Å². The van der Waals surface area contributed by atoms with Crippen molar-refractivity contribution in [3.8, 4) is 0 Å². The lowest BCUT2D eigenvalue weighted by atomic mass is 10.1. The van der Waals surface area contributed by atoms with E-state index in [1.54, 1.807) is 0 Å². The van der Waals surface area contributed by atoms with Gasteiger partial charge in [0.1, 0.15) is 0 Å². The number of carbonyl (C=O) groups is 1. The molecule has 0 spiro atoms. The fourth-order valence-electron chi connectivity index (χ4n) is 2.80. The van der Waals surface area contributed by atoms with E-state index in [4.69, 9.17) is 5.73 Å². The fourth-order valence-corrected chi connectivity index (χ4v) is 2.80. The Bertz CT molecular complexity index is 223. The number of rotatable bonds is 7. The first-order chi connectivity index (χ1) is 8.75. The minimum absolute atomic E-state index is 0.342. The van der Waals surface area contributed by atoms with Crippen molar-refractivity contribution in [2.45, 2.75) is 76.7 Å². The third-order valence-corrected chi connectivity index (χ3v) is 4.11. The number of amides is 1. The molecule has 0 atom stereocenters. The second-order valence-electron chi connectivity index (χ2n) is 5.60. The number of nitrogens with zero attached hydrogens (tertiary/aromatic N) is 1. The molecule has 2 N–H and O–H groups in total. The predicted molar refractivity (Wildman–Crippen MR) is 76.4 cm³/mol. The van der Waals surface area contributed by atoms with Crippen LogP contribution in [0.1, 0.15) is 70.6 Å². The molecular formula is C15H30N2O. The molecule has 1 saturated carbocycles. The van der Waals surface area contributed by atoms with Crippen LogP contribution in [0.4, 0.5) is 0 Å². The SMILES string of the molecule is CN(C(=O)CCCCCCN)C1CCCCCC1. The van der Waals surface area contributed by atoms with E-state index in [1.807, 2.05) is 11.9 Å². The Kier molecular flexibility index (Phi) is 8.06. The summed E-state index contributed by atoms with van der Waals surface area (Å²) >= 11 is 0. The van der Waals surface area contributed by atoms with Crippen molar-refractivity contribution in [1.29, 1.82) is 0 Å². The lowest BCUT2D eigenvalue weighted by molar-refractivity contribution is -0.132. The summed E-state index contributed by atoms with van der Waals surface area (Å²) in [6.07, 6.45) is 12.8. The summed E-state index contributed by atoms with van der Waals surface area (Å²) in [5.41, 5.74) is 5.46. The van der Waals surface area contributed by atoms with Crippen LogP contribution in [-0.4, -0.2) is 30.4 Å². The number of unbranched alkanes of at least 4 members (excludes halogenated alkanes) is 3. The quantitative estimate of drug-likeness (QED) is 0.560. The molecule has 18 heavy (non-hydrogen) atoms. The molecule has 106 valence electrons. The molecule has 1 fully saturated rings. The van der Waals surface area contributed by atoms with Crippen molar-refractivity contribution >= 4 is 5.91 Å².